The molecule has 1 aromatic carbocycles. The lowest BCUT2D eigenvalue weighted by Gasteiger charge is -2.23. The summed E-state index contributed by atoms with van der Waals surface area (Å²) in [4.78, 5) is 23.9. The van der Waals surface area contributed by atoms with E-state index in [0.717, 1.165) is 12.0 Å². The predicted molar refractivity (Wildman–Crippen MR) is 92.0 cm³/mol. The Kier molecular flexibility index (Phi) is 5.24. The summed E-state index contributed by atoms with van der Waals surface area (Å²) in [6, 6.07) is 7.25. The number of hydrogen-bond acceptors (Lipinski definition) is 3. The molecule has 0 N–H and O–H groups in total. The summed E-state index contributed by atoms with van der Waals surface area (Å²) >= 11 is 17.3. The second-order valence-corrected chi connectivity index (χ2v) is 6.93. The highest BCUT2D eigenvalue weighted by atomic mass is 35.5. The summed E-state index contributed by atoms with van der Waals surface area (Å²) in [6.07, 6.45) is 0.982. The van der Waals surface area contributed by atoms with Crippen LogP contribution < -0.4 is 4.74 Å². The lowest BCUT2D eigenvalue weighted by atomic mass is 9.82. The second-order valence-electron chi connectivity index (χ2n) is 5.79. The van der Waals surface area contributed by atoms with Crippen molar-refractivity contribution in [3.05, 3.63) is 50.7 Å². The highest BCUT2D eigenvalue weighted by Gasteiger charge is 2.34. The minimum Gasteiger partial charge on any atom is -0.451 e. The van der Waals surface area contributed by atoms with Crippen LogP contribution in [-0.4, -0.2) is 11.6 Å². The number of ketones is 2. The van der Waals surface area contributed by atoms with Crippen molar-refractivity contribution < 1.29 is 14.3 Å². The van der Waals surface area contributed by atoms with E-state index in [-0.39, 0.29) is 21.2 Å². The van der Waals surface area contributed by atoms with Gasteiger partial charge in [-0.15, -0.1) is 0 Å². The van der Waals surface area contributed by atoms with Gasteiger partial charge in [0.15, 0.2) is 5.76 Å². The average molecular weight is 374 g/mol. The molecule has 1 aliphatic carbocycles. The Balaban J connectivity index is 2.29. The Morgan fingerprint density at radius 1 is 0.913 bits per heavy atom. The van der Waals surface area contributed by atoms with Gasteiger partial charge < -0.3 is 4.74 Å². The maximum absolute atomic E-state index is 12.1. The van der Waals surface area contributed by atoms with Crippen LogP contribution in [0.3, 0.4) is 0 Å². The third-order valence-electron chi connectivity index (χ3n) is 3.94. The fourth-order valence-electron chi connectivity index (χ4n) is 1.99. The number of carbonyl (C=O) groups excluding carboxylic acids is 2. The number of carbonyl (C=O) groups is 2. The van der Waals surface area contributed by atoms with Crippen LogP contribution in [0.1, 0.15) is 32.8 Å². The van der Waals surface area contributed by atoms with E-state index in [1.165, 1.54) is 0 Å². The predicted octanol–water partition coefficient (Wildman–Crippen LogP) is 5.04. The van der Waals surface area contributed by atoms with E-state index in [0.29, 0.717) is 5.75 Å². The van der Waals surface area contributed by atoms with Crippen molar-refractivity contribution in [2.45, 2.75) is 32.6 Å². The molecule has 3 nitrogen and oxygen atoms in total. The van der Waals surface area contributed by atoms with Gasteiger partial charge in [0, 0.05) is 0 Å². The Hall–Kier alpha value is -1.29. The molecule has 0 amide bonds. The second kappa shape index (κ2) is 6.68. The monoisotopic (exact) mass is 372 g/mol. The summed E-state index contributed by atoms with van der Waals surface area (Å²) < 4.78 is 5.47. The molecule has 0 radical (unpaired) electrons. The van der Waals surface area contributed by atoms with Crippen molar-refractivity contribution >= 4 is 46.4 Å². The van der Waals surface area contributed by atoms with Crippen LogP contribution in [0.2, 0.25) is 0 Å². The molecule has 0 heterocycles. The Morgan fingerprint density at radius 3 is 1.96 bits per heavy atom. The first kappa shape index (κ1) is 18.1. The molecule has 6 heteroatoms. The lowest BCUT2D eigenvalue weighted by molar-refractivity contribution is -0.116. The fourth-order valence-corrected chi connectivity index (χ4v) is 2.60. The van der Waals surface area contributed by atoms with Crippen LogP contribution >= 0.6 is 34.8 Å². The van der Waals surface area contributed by atoms with Crippen LogP contribution in [0, 0.1) is 0 Å². The molecule has 0 bridgehead atoms. The standard InChI is InChI=1S/C17H15Cl3O3/c1-4-17(2,3)9-5-7-10(8-6-9)23-16-13(20)14(21)11(18)12(19)15(16)22/h5-8H,4H2,1-3H3. The van der Waals surface area contributed by atoms with Crippen molar-refractivity contribution in [3.63, 3.8) is 0 Å². The molecular weight excluding hydrogens is 359 g/mol. The van der Waals surface area contributed by atoms with Crippen LogP contribution in [0.15, 0.2) is 45.1 Å². The van der Waals surface area contributed by atoms with Gasteiger partial charge in [0.05, 0.1) is 0 Å². The first-order chi connectivity index (χ1) is 10.7. The van der Waals surface area contributed by atoms with Gasteiger partial charge in [0.2, 0.25) is 11.6 Å². The van der Waals surface area contributed by atoms with Gasteiger partial charge in [-0.05, 0) is 29.5 Å². The Morgan fingerprint density at radius 2 is 1.43 bits per heavy atom. The fraction of sp³-hybridized carbons (Fsp3) is 0.294. The van der Waals surface area contributed by atoms with Crippen molar-refractivity contribution in [3.8, 4) is 5.75 Å². The van der Waals surface area contributed by atoms with E-state index < -0.39 is 16.6 Å². The first-order valence-corrected chi connectivity index (χ1v) is 8.15. The van der Waals surface area contributed by atoms with E-state index in [1.54, 1.807) is 12.1 Å². The summed E-state index contributed by atoms with van der Waals surface area (Å²) in [5.41, 5.74) is 1.17. The zero-order valence-corrected chi connectivity index (χ0v) is 15.1. The Bertz CT molecular complexity index is 728. The highest BCUT2D eigenvalue weighted by Crippen LogP contribution is 2.33. The topological polar surface area (TPSA) is 43.4 Å². The van der Waals surface area contributed by atoms with Gasteiger partial charge in [-0.3, -0.25) is 9.59 Å². The largest absolute Gasteiger partial charge is 0.451 e. The van der Waals surface area contributed by atoms with E-state index in [2.05, 4.69) is 20.8 Å². The number of ether oxygens (including phenoxy) is 1. The van der Waals surface area contributed by atoms with Gasteiger partial charge in [0.25, 0.3) is 0 Å². The number of benzene rings is 1. The molecule has 2 rings (SSSR count). The summed E-state index contributed by atoms with van der Waals surface area (Å²) in [6.45, 7) is 6.38. The van der Waals surface area contributed by atoms with Crippen molar-refractivity contribution in [2.75, 3.05) is 0 Å². The minimum atomic E-state index is -0.725. The quantitative estimate of drug-likeness (QED) is 0.694. The average Bonchev–Trinajstić information content (AvgIpc) is 2.55. The summed E-state index contributed by atoms with van der Waals surface area (Å²) in [7, 11) is 0. The van der Waals surface area contributed by atoms with Crippen molar-refractivity contribution in [1.29, 1.82) is 0 Å². The molecule has 0 saturated carbocycles. The smallest absolute Gasteiger partial charge is 0.242 e. The van der Waals surface area contributed by atoms with E-state index in [4.69, 9.17) is 39.5 Å². The third kappa shape index (κ3) is 3.47. The number of rotatable bonds is 4. The maximum atomic E-state index is 12.1. The van der Waals surface area contributed by atoms with Crippen LogP contribution in [0.25, 0.3) is 0 Å². The minimum absolute atomic E-state index is 0.0334. The van der Waals surface area contributed by atoms with E-state index in [9.17, 15) is 9.59 Å². The molecule has 1 aliphatic rings. The van der Waals surface area contributed by atoms with Gasteiger partial charge >= 0.3 is 0 Å². The molecule has 23 heavy (non-hydrogen) atoms. The molecule has 0 atom stereocenters. The van der Waals surface area contributed by atoms with Gasteiger partial charge in [-0.25, -0.2) is 0 Å². The van der Waals surface area contributed by atoms with E-state index >= 15 is 0 Å². The highest BCUT2D eigenvalue weighted by molar-refractivity contribution is 6.64. The molecule has 0 aromatic heterocycles. The molecule has 0 saturated heterocycles. The SMILES string of the molecule is CCC(C)(C)c1ccc(OC2=C(Cl)C(=O)C(Cl)=C(Cl)C2=O)cc1. The third-order valence-corrected chi connectivity index (χ3v) is 5.10. The maximum Gasteiger partial charge on any atom is 0.242 e. The van der Waals surface area contributed by atoms with Crippen molar-refractivity contribution in [1.82, 2.24) is 0 Å². The van der Waals surface area contributed by atoms with Crippen LogP contribution in [0.4, 0.5) is 0 Å². The number of hydrogen-bond donors (Lipinski definition) is 0. The van der Waals surface area contributed by atoms with E-state index in [1.807, 2.05) is 12.1 Å². The van der Waals surface area contributed by atoms with Crippen LogP contribution in [-0.2, 0) is 15.0 Å². The van der Waals surface area contributed by atoms with Crippen LogP contribution in [0.5, 0.6) is 5.75 Å². The van der Waals surface area contributed by atoms with Crippen molar-refractivity contribution in [2.24, 2.45) is 0 Å². The zero-order valence-electron chi connectivity index (χ0n) is 12.9. The normalized spacial score (nSPS) is 16.3. The van der Waals surface area contributed by atoms with Gasteiger partial charge in [-0.2, -0.15) is 0 Å². The lowest BCUT2D eigenvalue weighted by Crippen LogP contribution is -2.21. The molecule has 0 fully saturated rings. The molecular formula is C17H15Cl3O3. The summed E-state index contributed by atoms with van der Waals surface area (Å²) in [5, 5.41) is -1.16. The number of allylic oxidation sites excluding steroid dienone is 3. The Labute approximate surface area is 149 Å². The molecule has 1 aromatic rings. The molecule has 0 spiro atoms. The number of Topliss-reactive ketones (excluding diaryl/α,β-unsaturated/α-hetero) is 2. The molecule has 0 unspecified atom stereocenters. The number of halogens is 3. The van der Waals surface area contributed by atoms with Gasteiger partial charge in [0.1, 0.15) is 20.8 Å². The van der Waals surface area contributed by atoms with Gasteiger partial charge in [-0.1, -0.05) is 67.7 Å². The summed E-state index contributed by atoms with van der Waals surface area (Å²) in [5.74, 6) is -1.36. The zero-order chi connectivity index (χ0) is 17.4. The molecule has 122 valence electrons. The molecule has 0 aliphatic heterocycles. The first-order valence-electron chi connectivity index (χ1n) is 7.02.